The third-order valence-electron chi connectivity index (χ3n) is 3.87. The molecule has 0 saturated heterocycles. The first kappa shape index (κ1) is 9.98. The van der Waals surface area contributed by atoms with E-state index < -0.39 is 0 Å². The van der Waals surface area contributed by atoms with Gasteiger partial charge in [-0.1, -0.05) is 13.8 Å². The topological polar surface area (TPSA) is 35.8 Å². The van der Waals surface area contributed by atoms with Crippen LogP contribution in [0.3, 0.4) is 0 Å². The van der Waals surface area contributed by atoms with Gasteiger partial charge in [0.05, 0.1) is 6.07 Å². The number of nitrogens with one attached hydrogen (secondary N) is 1. The van der Waals surface area contributed by atoms with Crippen LogP contribution in [0.1, 0.15) is 39.5 Å². The molecule has 14 heavy (non-hydrogen) atoms. The number of nitrogens with zero attached hydrogens (tertiary/aromatic N) is 1. The minimum absolute atomic E-state index is 0.160. The minimum atomic E-state index is -0.160. The van der Waals surface area contributed by atoms with Crippen molar-refractivity contribution >= 4 is 0 Å². The van der Waals surface area contributed by atoms with Crippen molar-refractivity contribution in [3.8, 4) is 6.07 Å². The number of nitriles is 1. The monoisotopic (exact) mass is 192 g/mol. The fourth-order valence-corrected chi connectivity index (χ4v) is 3.11. The van der Waals surface area contributed by atoms with Crippen molar-refractivity contribution in [2.45, 2.75) is 45.1 Å². The second kappa shape index (κ2) is 3.55. The van der Waals surface area contributed by atoms with E-state index in [0.29, 0.717) is 11.8 Å². The number of hydrogen-bond acceptors (Lipinski definition) is 2. The maximum atomic E-state index is 9.34. The summed E-state index contributed by atoms with van der Waals surface area (Å²) in [5, 5.41) is 12.9. The van der Waals surface area contributed by atoms with Crippen LogP contribution in [0.4, 0.5) is 0 Å². The van der Waals surface area contributed by atoms with Crippen LogP contribution in [0.25, 0.3) is 0 Å². The third kappa shape index (κ3) is 1.54. The van der Waals surface area contributed by atoms with Crippen LogP contribution < -0.4 is 5.32 Å². The molecular formula is C12H20N2. The van der Waals surface area contributed by atoms with Gasteiger partial charge in [-0.2, -0.15) is 5.26 Å². The summed E-state index contributed by atoms with van der Waals surface area (Å²) in [5.74, 6) is 2.11. The SMILES string of the molecule is CC(C)CNC1(C#N)CC2CCC1C2. The summed E-state index contributed by atoms with van der Waals surface area (Å²) in [4.78, 5) is 0. The highest BCUT2D eigenvalue weighted by Crippen LogP contribution is 2.50. The standard InChI is InChI=1S/C12H20N2/c1-9(2)7-14-12(8-13)6-10-3-4-11(12)5-10/h9-11,14H,3-7H2,1-2H3. The molecule has 0 radical (unpaired) electrons. The van der Waals surface area contributed by atoms with Crippen LogP contribution in [-0.4, -0.2) is 12.1 Å². The van der Waals surface area contributed by atoms with Gasteiger partial charge in [-0.05, 0) is 50.0 Å². The number of hydrogen-bond donors (Lipinski definition) is 1. The lowest BCUT2D eigenvalue weighted by atomic mass is 9.82. The van der Waals surface area contributed by atoms with Gasteiger partial charge in [0.1, 0.15) is 5.54 Å². The van der Waals surface area contributed by atoms with Crippen molar-refractivity contribution in [2.75, 3.05) is 6.54 Å². The zero-order valence-corrected chi connectivity index (χ0v) is 9.21. The molecule has 0 aromatic carbocycles. The average molecular weight is 192 g/mol. The summed E-state index contributed by atoms with van der Waals surface area (Å²) in [7, 11) is 0. The smallest absolute Gasteiger partial charge is 0.109 e. The van der Waals surface area contributed by atoms with E-state index in [1.54, 1.807) is 0 Å². The van der Waals surface area contributed by atoms with Crippen molar-refractivity contribution in [1.29, 1.82) is 5.26 Å². The Hall–Kier alpha value is -0.550. The molecule has 2 heteroatoms. The third-order valence-corrected chi connectivity index (χ3v) is 3.87. The fourth-order valence-electron chi connectivity index (χ4n) is 3.11. The lowest BCUT2D eigenvalue weighted by Gasteiger charge is -2.32. The maximum Gasteiger partial charge on any atom is 0.109 e. The molecule has 2 aliphatic carbocycles. The number of rotatable bonds is 3. The minimum Gasteiger partial charge on any atom is -0.299 e. The molecular weight excluding hydrogens is 172 g/mol. The second-order valence-corrected chi connectivity index (χ2v) is 5.44. The van der Waals surface area contributed by atoms with Crippen LogP contribution in [-0.2, 0) is 0 Å². The normalized spacial score (nSPS) is 40.4. The highest BCUT2D eigenvalue weighted by Gasteiger charge is 2.51. The van der Waals surface area contributed by atoms with Gasteiger partial charge in [0.15, 0.2) is 0 Å². The largest absolute Gasteiger partial charge is 0.299 e. The quantitative estimate of drug-likeness (QED) is 0.745. The molecule has 2 saturated carbocycles. The molecule has 2 rings (SSSR count). The molecule has 2 nitrogen and oxygen atoms in total. The highest BCUT2D eigenvalue weighted by atomic mass is 15.0. The Morgan fingerprint density at radius 2 is 2.29 bits per heavy atom. The molecule has 0 spiro atoms. The van der Waals surface area contributed by atoms with Gasteiger partial charge in [0, 0.05) is 0 Å². The first-order valence-electron chi connectivity index (χ1n) is 5.82. The van der Waals surface area contributed by atoms with E-state index in [1.807, 2.05) is 0 Å². The molecule has 3 atom stereocenters. The molecule has 0 heterocycles. The van der Waals surface area contributed by atoms with Crippen LogP contribution in [0.2, 0.25) is 0 Å². The summed E-state index contributed by atoms with van der Waals surface area (Å²) in [6.07, 6.45) is 5.01. The summed E-state index contributed by atoms with van der Waals surface area (Å²) in [6, 6.07) is 2.55. The van der Waals surface area contributed by atoms with Crippen molar-refractivity contribution in [2.24, 2.45) is 17.8 Å². The maximum absolute atomic E-state index is 9.34. The summed E-state index contributed by atoms with van der Waals surface area (Å²) in [6.45, 7) is 5.38. The summed E-state index contributed by atoms with van der Waals surface area (Å²) < 4.78 is 0. The van der Waals surface area contributed by atoms with Gasteiger partial charge in [0.25, 0.3) is 0 Å². The molecule has 78 valence electrons. The Morgan fingerprint density at radius 3 is 2.71 bits per heavy atom. The van der Waals surface area contributed by atoms with E-state index in [2.05, 4.69) is 25.2 Å². The van der Waals surface area contributed by atoms with E-state index >= 15 is 0 Å². The van der Waals surface area contributed by atoms with Gasteiger partial charge in [-0.15, -0.1) is 0 Å². The predicted octanol–water partition coefficient (Wildman–Crippen LogP) is 2.31. The first-order valence-corrected chi connectivity index (χ1v) is 5.82. The van der Waals surface area contributed by atoms with Crippen LogP contribution in [0, 0.1) is 29.1 Å². The Balaban J connectivity index is 2.01. The van der Waals surface area contributed by atoms with Crippen molar-refractivity contribution in [3.05, 3.63) is 0 Å². The molecule has 2 bridgehead atoms. The van der Waals surface area contributed by atoms with Gasteiger partial charge in [0.2, 0.25) is 0 Å². The summed E-state index contributed by atoms with van der Waals surface area (Å²) in [5.41, 5.74) is -0.160. The summed E-state index contributed by atoms with van der Waals surface area (Å²) >= 11 is 0. The molecule has 0 amide bonds. The Bertz CT molecular complexity index is 254. The van der Waals surface area contributed by atoms with Gasteiger partial charge >= 0.3 is 0 Å². The highest BCUT2D eigenvalue weighted by molar-refractivity contribution is 5.18. The lowest BCUT2D eigenvalue weighted by molar-refractivity contribution is 0.265. The molecule has 1 N–H and O–H groups in total. The molecule has 2 fully saturated rings. The Labute approximate surface area is 86.7 Å². The van der Waals surface area contributed by atoms with Crippen molar-refractivity contribution < 1.29 is 0 Å². The Morgan fingerprint density at radius 1 is 1.50 bits per heavy atom. The van der Waals surface area contributed by atoms with Gasteiger partial charge in [-0.3, -0.25) is 5.32 Å². The van der Waals surface area contributed by atoms with Gasteiger partial charge in [-0.25, -0.2) is 0 Å². The average Bonchev–Trinajstić information content (AvgIpc) is 2.74. The predicted molar refractivity (Wildman–Crippen MR) is 56.6 cm³/mol. The molecule has 0 aromatic heterocycles. The zero-order valence-electron chi connectivity index (χ0n) is 9.21. The first-order chi connectivity index (χ1) is 6.66. The zero-order chi connectivity index (χ0) is 10.2. The van der Waals surface area contributed by atoms with Crippen molar-refractivity contribution in [1.82, 2.24) is 5.32 Å². The molecule has 0 aromatic rings. The van der Waals surface area contributed by atoms with Gasteiger partial charge < -0.3 is 0 Å². The molecule has 3 unspecified atom stereocenters. The van der Waals surface area contributed by atoms with Crippen molar-refractivity contribution in [3.63, 3.8) is 0 Å². The molecule has 0 aliphatic heterocycles. The fraction of sp³-hybridized carbons (Fsp3) is 0.917. The molecule has 2 aliphatic rings. The Kier molecular flexibility index (Phi) is 2.53. The van der Waals surface area contributed by atoms with E-state index in [0.717, 1.165) is 18.9 Å². The van der Waals surface area contributed by atoms with E-state index in [-0.39, 0.29) is 5.54 Å². The van der Waals surface area contributed by atoms with E-state index in [4.69, 9.17) is 0 Å². The number of fused-ring (bicyclic) bond motifs is 2. The lowest BCUT2D eigenvalue weighted by Crippen LogP contribution is -2.49. The van der Waals surface area contributed by atoms with Crippen LogP contribution in [0.5, 0.6) is 0 Å². The second-order valence-electron chi connectivity index (χ2n) is 5.44. The van der Waals surface area contributed by atoms with Crippen LogP contribution in [0.15, 0.2) is 0 Å². The van der Waals surface area contributed by atoms with E-state index in [1.165, 1.54) is 19.3 Å². The van der Waals surface area contributed by atoms with E-state index in [9.17, 15) is 5.26 Å². The van der Waals surface area contributed by atoms with Crippen LogP contribution >= 0.6 is 0 Å².